The number of hydrazine groups is 1. The Morgan fingerprint density at radius 3 is 2.28 bits per heavy atom. The van der Waals surface area contributed by atoms with Gasteiger partial charge in [0.25, 0.3) is 0 Å². The summed E-state index contributed by atoms with van der Waals surface area (Å²) in [5, 5.41) is 0. The lowest BCUT2D eigenvalue weighted by Crippen LogP contribution is -2.59. The minimum absolute atomic E-state index is 0.0509. The number of nitrogens with one attached hydrogen (secondary N) is 2. The van der Waals surface area contributed by atoms with E-state index in [1.54, 1.807) is 6.92 Å². The quantitative estimate of drug-likeness (QED) is 0.169. The van der Waals surface area contributed by atoms with Crippen LogP contribution in [0.4, 0.5) is 0 Å². The largest absolute Gasteiger partial charge is 0.350 e. The van der Waals surface area contributed by atoms with E-state index in [9.17, 15) is 14.4 Å². The van der Waals surface area contributed by atoms with Crippen molar-refractivity contribution in [3.63, 3.8) is 0 Å². The second-order valence-corrected chi connectivity index (χ2v) is 11.4. The van der Waals surface area contributed by atoms with Crippen LogP contribution in [0, 0.1) is 29.1 Å². The summed E-state index contributed by atoms with van der Waals surface area (Å²) in [4.78, 5) is 47.7. The topological polar surface area (TPSA) is 146 Å². The van der Waals surface area contributed by atoms with Crippen molar-refractivity contribution >= 4 is 23.7 Å². The van der Waals surface area contributed by atoms with Gasteiger partial charge in [0.1, 0.15) is 0 Å². The van der Waals surface area contributed by atoms with Gasteiger partial charge in [-0.25, -0.2) is 16.2 Å². The number of hydrogen-bond acceptors (Lipinski definition) is 7. The molecule has 1 saturated carbocycles. The maximum Gasteiger partial charge on any atom is 0.248 e. The molecular formula is C30H46N4O5. The summed E-state index contributed by atoms with van der Waals surface area (Å²) >= 11 is 0. The van der Waals surface area contributed by atoms with E-state index < -0.39 is 41.4 Å². The van der Waals surface area contributed by atoms with Crippen molar-refractivity contribution in [1.82, 2.24) is 10.9 Å². The second-order valence-electron chi connectivity index (χ2n) is 11.4. The predicted octanol–water partition coefficient (Wildman–Crippen LogP) is 3.64. The molecule has 2 fully saturated rings. The molecule has 0 aromatic heterocycles. The molecule has 1 heterocycles. The Morgan fingerprint density at radius 2 is 1.72 bits per heavy atom. The van der Waals surface area contributed by atoms with Crippen molar-refractivity contribution < 1.29 is 24.0 Å². The van der Waals surface area contributed by atoms with Gasteiger partial charge in [0.05, 0.1) is 23.3 Å². The fraction of sp³-hybridized carbons (Fsp3) is 0.633. The molecule has 2 aliphatic rings. The molecule has 1 saturated heterocycles. The molecule has 1 aromatic carbocycles. The van der Waals surface area contributed by atoms with Crippen LogP contribution in [0.5, 0.6) is 0 Å². The first-order valence-electron chi connectivity index (χ1n) is 14.3. The Bertz CT molecular complexity index is 971. The number of benzene rings is 1. The number of ether oxygens (including phenoxy) is 1. The Kier molecular flexibility index (Phi) is 11.7. The molecule has 1 aliphatic heterocycles. The third-order valence-corrected chi connectivity index (χ3v) is 8.05. The number of carbonyl (C=O) groups is 3. The first-order chi connectivity index (χ1) is 18.7. The summed E-state index contributed by atoms with van der Waals surface area (Å²) < 4.78 is 5.64. The maximum atomic E-state index is 14.3. The van der Waals surface area contributed by atoms with Gasteiger partial charge < -0.3 is 10.5 Å². The smallest absolute Gasteiger partial charge is 0.248 e. The molecule has 39 heavy (non-hydrogen) atoms. The Balaban J connectivity index is 2.18. The fourth-order valence-corrected chi connectivity index (χ4v) is 6.26. The van der Waals surface area contributed by atoms with Crippen molar-refractivity contribution in [3.05, 3.63) is 42.0 Å². The summed E-state index contributed by atoms with van der Waals surface area (Å²) in [6.45, 7) is 6.14. The van der Waals surface area contributed by atoms with Crippen molar-refractivity contribution in [3.8, 4) is 0 Å². The first kappa shape index (κ1) is 30.9. The van der Waals surface area contributed by atoms with Crippen LogP contribution >= 0.6 is 0 Å². The number of Topliss-reactive ketones (excluding diaryl/α,β-unsaturated/α-hetero) is 1. The zero-order valence-electron chi connectivity index (χ0n) is 23.6. The number of hydroxylamine groups is 1. The van der Waals surface area contributed by atoms with E-state index in [-0.39, 0.29) is 17.6 Å². The van der Waals surface area contributed by atoms with Crippen LogP contribution in [0.3, 0.4) is 0 Å². The molecule has 2 amide bonds. The average molecular weight is 543 g/mol. The minimum atomic E-state index is -1.35. The zero-order valence-corrected chi connectivity index (χ0v) is 23.6. The highest BCUT2D eigenvalue weighted by atomic mass is 16.8. The SMILES string of the molecule is CC(C)C[C@H](C(=O)NN)[C@@H](C(=O)NOC1CCCCO1)C(/C=C/c1ccccc1)(C(=O)[C@@H](C)N)C1CCCC1. The molecular weight excluding hydrogens is 496 g/mol. The van der Waals surface area contributed by atoms with Gasteiger partial charge in [0, 0.05) is 13.0 Å². The van der Waals surface area contributed by atoms with Crippen LogP contribution in [0.2, 0.25) is 0 Å². The lowest BCUT2D eigenvalue weighted by atomic mass is 9.57. The van der Waals surface area contributed by atoms with Crippen molar-refractivity contribution in [2.45, 2.75) is 84.5 Å². The zero-order chi connectivity index (χ0) is 28.4. The van der Waals surface area contributed by atoms with Gasteiger partial charge in [-0.15, -0.1) is 0 Å². The number of carbonyl (C=O) groups excluding carboxylic acids is 3. The normalized spacial score (nSPS) is 22.3. The first-order valence-corrected chi connectivity index (χ1v) is 14.3. The summed E-state index contributed by atoms with van der Waals surface area (Å²) in [6.07, 6.45) is 9.31. The number of nitrogens with two attached hydrogens (primary N) is 2. The Morgan fingerprint density at radius 1 is 1.05 bits per heavy atom. The summed E-state index contributed by atoms with van der Waals surface area (Å²) in [7, 11) is 0. The van der Waals surface area contributed by atoms with Crippen molar-refractivity contribution in [2.75, 3.05) is 6.61 Å². The Labute approximate surface area is 232 Å². The van der Waals surface area contributed by atoms with Crippen LogP contribution < -0.4 is 22.5 Å². The van der Waals surface area contributed by atoms with E-state index in [0.29, 0.717) is 19.4 Å². The van der Waals surface area contributed by atoms with E-state index in [4.69, 9.17) is 21.2 Å². The highest BCUT2D eigenvalue weighted by Crippen LogP contribution is 2.51. The number of rotatable bonds is 13. The third kappa shape index (κ3) is 7.75. The van der Waals surface area contributed by atoms with E-state index in [1.807, 2.05) is 56.3 Å². The summed E-state index contributed by atoms with van der Waals surface area (Å²) in [5.74, 6) is 2.23. The van der Waals surface area contributed by atoms with Crippen LogP contribution in [0.25, 0.3) is 6.08 Å². The van der Waals surface area contributed by atoms with Crippen molar-refractivity contribution in [1.29, 1.82) is 0 Å². The molecule has 6 N–H and O–H groups in total. The van der Waals surface area contributed by atoms with Gasteiger partial charge in [-0.3, -0.25) is 19.8 Å². The minimum Gasteiger partial charge on any atom is -0.350 e. The second kappa shape index (κ2) is 14.7. The molecule has 1 aliphatic carbocycles. The molecule has 216 valence electrons. The summed E-state index contributed by atoms with van der Waals surface area (Å²) in [5.41, 5.74) is 10.7. The highest BCUT2D eigenvalue weighted by Gasteiger charge is 2.57. The predicted molar refractivity (Wildman–Crippen MR) is 150 cm³/mol. The van der Waals surface area contributed by atoms with Gasteiger partial charge >= 0.3 is 0 Å². The molecule has 0 bridgehead atoms. The molecule has 5 atom stereocenters. The van der Waals surface area contributed by atoms with Gasteiger partial charge in [0.15, 0.2) is 12.1 Å². The molecule has 9 nitrogen and oxygen atoms in total. The molecule has 9 heteroatoms. The molecule has 3 rings (SSSR count). The van der Waals surface area contributed by atoms with E-state index in [0.717, 1.165) is 44.1 Å². The van der Waals surface area contributed by atoms with Gasteiger partial charge in [0.2, 0.25) is 11.8 Å². The molecule has 2 unspecified atom stereocenters. The number of allylic oxidation sites excluding steroid dienone is 1. The van der Waals surface area contributed by atoms with Gasteiger partial charge in [-0.05, 0) is 56.4 Å². The molecule has 0 spiro atoms. The van der Waals surface area contributed by atoms with E-state index in [2.05, 4.69) is 10.9 Å². The summed E-state index contributed by atoms with van der Waals surface area (Å²) in [6, 6.07) is 8.75. The van der Waals surface area contributed by atoms with Crippen LogP contribution in [0.1, 0.15) is 77.7 Å². The van der Waals surface area contributed by atoms with E-state index in [1.165, 1.54) is 0 Å². The lowest BCUT2D eigenvalue weighted by Gasteiger charge is -2.45. The number of ketones is 1. The van der Waals surface area contributed by atoms with Gasteiger partial charge in [-0.1, -0.05) is 69.2 Å². The van der Waals surface area contributed by atoms with Gasteiger partial charge in [-0.2, -0.15) is 0 Å². The Hall–Kier alpha value is -2.59. The molecule has 1 aromatic rings. The highest BCUT2D eigenvalue weighted by molar-refractivity contribution is 5.99. The molecule has 0 radical (unpaired) electrons. The van der Waals surface area contributed by atoms with Crippen LogP contribution in [-0.2, 0) is 24.0 Å². The van der Waals surface area contributed by atoms with Crippen LogP contribution in [0.15, 0.2) is 36.4 Å². The lowest BCUT2D eigenvalue weighted by molar-refractivity contribution is -0.205. The fourth-order valence-electron chi connectivity index (χ4n) is 6.26. The van der Waals surface area contributed by atoms with Crippen LogP contribution in [-0.4, -0.2) is 36.5 Å². The third-order valence-electron chi connectivity index (χ3n) is 8.05. The van der Waals surface area contributed by atoms with Crippen molar-refractivity contribution in [2.24, 2.45) is 40.7 Å². The maximum absolute atomic E-state index is 14.3. The number of hydrogen-bond donors (Lipinski definition) is 4. The standard InChI is InChI=1S/C30H46N4O5/c1-20(2)19-24(28(36)33-32)26(29(37)34-39-25-15-9-10-18-38-25)30(27(35)21(3)31,23-13-7-8-14-23)17-16-22-11-5-4-6-12-22/h4-6,11-12,16-17,20-21,23-26H,7-10,13-15,18-19,31-32H2,1-3H3,(H,33,36)(H,34,37)/b17-16+/t21-,24+,25?,26+,30?/m1/s1. The average Bonchev–Trinajstić information content (AvgIpc) is 3.49. The number of amides is 2. The monoisotopic (exact) mass is 542 g/mol. The van der Waals surface area contributed by atoms with E-state index >= 15 is 0 Å².